The van der Waals surface area contributed by atoms with Crippen LogP contribution in [0.15, 0.2) is 18.2 Å². The van der Waals surface area contributed by atoms with Crippen molar-refractivity contribution in [2.75, 3.05) is 19.8 Å². The van der Waals surface area contributed by atoms with E-state index in [-0.39, 0.29) is 41.0 Å². The highest BCUT2D eigenvalue weighted by molar-refractivity contribution is 6.36. The van der Waals surface area contributed by atoms with Crippen LogP contribution in [0.4, 0.5) is 0 Å². The Morgan fingerprint density at radius 2 is 1.50 bits per heavy atom. The van der Waals surface area contributed by atoms with Crippen LogP contribution in [0.1, 0.15) is 118 Å². The Morgan fingerprint density at radius 1 is 0.944 bits per heavy atom. The zero-order valence-corrected chi connectivity index (χ0v) is 24.3. The number of unbranched alkanes of at least 4 members (excludes halogenated alkanes) is 2. The zero-order chi connectivity index (χ0) is 27.4. The number of hydrogen-bond acceptors (Lipinski definition) is 6. The van der Waals surface area contributed by atoms with Gasteiger partial charge < -0.3 is 23.8 Å². The normalized spacial score (nSPS) is 13.9. The number of esters is 1. The van der Waals surface area contributed by atoms with Gasteiger partial charge in [-0.3, -0.25) is 4.79 Å². The summed E-state index contributed by atoms with van der Waals surface area (Å²) in [6.45, 7) is 20.3. The smallest absolute Gasteiger partial charge is 0.508 e. The SMILES string of the molecule is CCCCOB(OCCCC)OCCC(C)OC(=O)CC(c1ccc(O)c(C(C)(C)C)c1)C(C)(C)C. The Balaban J connectivity index is 2.71. The Hall–Kier alpha value is -1.57. The van der Waals surface area contributed by atoms with Crippen LogP contribution in [-0.4, -0.2) is 44.3 Å². The number of ether oxygens (including phenoxy) is 1. The van der Waals surface area contributed by atoms with Gasteiger partial charge in [-0.1, -0.05) is 80.4 Å². The predicted molar refractivity (Wildman–Crippen MR) is 147 cm³/mol. The van der Waals surface area contributed by atoms with Crippen molar-refractivity contribution in [3.05, 3.63) is 29.3 Å². The molecule has 0 bridgehead atoms. The third kappa shape index (κ3) is 12.1. The molecule has 0 spiro atoms. The van der Waals surface area contributed by atoms with Gasteiger partial charge in [0.2, 0.25) is 0 Å². The van der Waals surface area contributed by atoms with E-state index in [2.05, 4.69) is 55.4 Å². The molecule has 0 fully saturated rings. The summed E-state index contributed by atoms with van der Waals surface area (Å²) < 4.78 is 22.9. The van der Waals surface area contributed by atoms with Crippen molar-refractivity contribution >= 4 is 13.3 Å². The number of hydrogen-bond donors (Lipinski definition) is 1. The Kier molecular flexibility index (Phi) is 14.1. The van der Waals surface area contributed by atoms with Crippen LogP contribution in [0.2, 0.25) is 0 Å². The summed E-state index contributed by atoms with van der Waals surface area (Å²) >= 11 is 0. The molecule has 2 unspecified atom stereocenters. The van der Waals surface area contributed by atoms with Crippen LogP contribution in [0.3, 0.4) is 0 Å². The molecule has 0 saturated heterocycles. The number of aromatic hydroxyl groups is 1. The molecule has 2 atom stereocenters. The minimum Gasteiger partial charge on any atom is -0.508 e. The van der Waals surface area contributed by atoms with Crippen LogP contribution in [-0.2, 0) is 28.9 Å². The monoisotopic (exact) mass is 506 g/mol. The van der Waals surface area contributed by atoms with Crippen LogP contribution in [0.5, 0.6) is 5.75 Å². The molecule has 0 radical (unpaired) electrons. The van der Waals surface area contributed by atoms with E-state index in [1.165, 1.54) is 0 Å². The van der Waals surface area contributed by atoms with Gasteiger partial charge in [-0.15, -0.1) is 0 Å². The van der Waals surface area contributed by atoms with E-state index in [0.717, 1.165) is 36.8 Å². The molecule has 0 aliphatic rings. The first-order valence-electron chi connectivity index (χ1n) is 13.7. The fraction of sp³-hybridized carbons (Fsp3) is 0.759. The van der Waals surface area contributed by atoms with Gasteiger partial charge in [0, 0.05) is 26.2 Å². The average Bonchev–Trinajstić information content (AvgIpc) is 2.76. The molecule has 1 rings (SSSR count). The lowest BCUT2D eigenvalue weighted by Crippen LogP contribution is -2.30. The largest absolute Gasteiger partial charge is 0.639 e. The molecule has 0 aliphatic carbocycles. The molecule has 1 N–H and O–H groups in total. The molecular weight excluding hydrogens is 455 g/mol. The molecule has 6 nitrogen and oxygen atoms in total. The van der Waals surface area contributed by atoms with E-state index < -0.39 is 7.32 Å². The van der Waals surface area contributed by atoms with Crippen molar-refractivity contribution in [3.63, 3.8) is 0 Å². The van der Waals surface area contributed by atoms with Gasteiger partial charge in [-0.2, -0.15) is 0 Å². The maximum absolute atomic E-state index is 12.9. The number of phenolic OH excluding ortho intramolecular Hbond substituents is 1. The first-order valence-corrected chi connectivity index (χ1v) is 13.7. The van der Waals surface area contributed by atoms with Gasteiger partial charge in [-0.05, 0) is 53.7 Å². The van der Waals surface area contributed by atoms with E-state index in [4.69, 9.17) is 18.7 Å². The molecular formula is C29H51BO6. The summed E-state index contributed by atoms with van der Waals surface area (Å²) in [7, 11) is -0.678. The van der Waals surface area contributed by atoms with Crippen LogP contribution >= 0.6 is 0 Å². The topological polar surface area (TPSA) is 74.2 Å². The molecule has 7 heteroatoms. The van der Waals surface area contributed by atoms with Gasteiger partial charge in [0.15, 0.2) is 0 Å². The molecule has 1 aromatic rings. The Morgan fingerprint density at radius 3 is 2.00 bits per heavy atom. The second-order valence-corrected chi connectivity index (χ2v) is 11.8. The van der Waals surface area contributed by atoms with E-state index in [1.807, 2.05) is 19.1 Å². The highest BCUT2D eigenvalue weighted by Gasteiger charge is 2.31. The van der Waals surface area contributed by atoms with Crippen LogP contribution in [0.25, 0.3) is 0 Å². The highest BCUT2D eigenvalue weighted by atomic mass is 16.7. The Labute approximate surface area is 220 Å². The first kappa shape index (κ1) is 32.5. The van der Waals surface area contributed by atoms with Gasteiger partial charge in [0.25, 0.3) is 0 Å². The van der Waals surface area contributed by atoms with E-state index in [0.29, 0.717) is 26.2 Å². The second kappa shape index (κ2) is 15.6. The minimum absolute atomic E-state index is 0.0431. The predicted octanol–water partition coefficient (Wildman–Crippen LogP) is 7.17. The van der Waals surface area contributed by atoms with E-state index >= 15 is 0 Å². The molecule has 0 aliphatic heterocycles. The van der Waals surface area contributed by atoms with E-state index in [9.17, 15) is 9.90 Å². The lowest BCUT2D eigenvalue weighted by molar-refractivity contribution is -0.150. The van der Waals surface area contributed by atoms with Crippen molar-refractivity contribution in [2.45, 2.75) is 118 Å². The summed E-state index contributed by atoms with van der Waals surface area (Å²) in [4.78, 5) is 12.9. The minimum atomic E-state index is -0.678. The van der Waals surface area contributed by atoms with Gasteiger partial charge in [-0.25, -0.2) is 0 Å². The summed E-state index contributed by atoms with van der Waals surface area (Å²) in [5.41, 5.74) is 1.56. The van der Waals surface area contributed by atoms with Gasteiger partial charge in [0.05, 0.1) is 6.42 Å². The number of phenols is 1. The van der Waals surface area contributed by atoms with Gasteiger partial charge >= 0.3 is 13.3 Å². The summed E-state index contributed by atoms with van der Waals surface area (Å²) in [5, 5.41) is 10.4. The molecule has 0 amide bonds. The summed E-state index contributed by atoms with van der Waals surface area (Å²) in [6.07, 6.45) is 4.56. The Bertz CT molecular complexity index is 758. The fourth-order valence-corrected chi connectivity index (χ4v) is 3.92. The average molecular weight is 507 g/mol. The molecule has 1 aromatic carbocycles. The van der Waals surface area contributed by atoms with Crippen LogP contribution < -0.4 is 0 Å². The molecule has 206 valence electrons. The van der Waals surface area contributed by atoms with Crippen molar-refractivity contribution in [1.29, 1.82) is 0 Å². The number of rotatable bonds is 16. The molecule has 0 heterocycles. The van der Waals surface area contributed by atoms with Crippen molar-refractivity contribution in [1.82, 2.24) is 0 Å². The van der Waals surface area contributed by atoms with Gasteiger partial charge in [0.1, 0.15) is 11.9 Å². The maximum Gasteiger partial charge on any atom is 0.639 e. The molecule has 0 saturated carbocycles. The first-order chi connectivity index (χ1) is 16.8. The van der Waals surface area contributed by atoms with Crippen molar-refractivity contribution in [2.24, 2.45) is 5.41 Å². The zero-order valence-electron chi connectivity index (χ0n) is 24.3. The number of carbonyl (C=O) groups excluding carboxylic acids is 1. The van der Waals surface area contributed by atoms with Crippen molar-refractivity contribution < 1.29 is 28.6 Å². The third-order valence-electron chi connectivity index (χ3n) is 6.26. The number of benzene rings is 1. The third-order valence-corrected chi connectivity index (χ3v) is 6.26. The lowest BCUT2D eigenvalue weighted by Gasteiger charge is -2.32. The fourth-order valence-electron chi connectivity index (χ4n) is 3.92. The second-order valence-electron chi connectivity index (χ2n) is 11.8. The lowest BCUT2D eigenvalue weighted by atomic mass is 9.73. The number of carbonyl (C=O) groups is 1. The summed E-state index contributed by atoms with van der Waals surface area (Å²) in [6, 6.07) is 5.69. The summed E-state index contributed by atoms with van der Waals surface area (Å²) in [5.74, 6) is 0.00646. The quantitative estimate of drug-likeness (QED) is 0.146. The van der Waals surface area contributed by atoms with Crippen molar-refractivity contribution in [3.8, 4) is 5.75 Å². The standard InChI is InChI=1S/C29H51BO6/c1-10-12-17-33-30(34-18-13-11-2)35-19-16-22(3)36-27(32)21-24(28(4,5)6)23-14-15-26(31)25(20-23)29(7,8)9/h14-15,20,22,24,31H,10-13,16-19,21H2,1-9H3. The molecule has 0 aromatic heterocycles. The highest BCUT2D eigenvalue weighted by Crippen LogP contribution is 2.41. The molecule has 36 heavy (non-hydrogen) atoms. The van der Waals surface area contributed by atoms with E-state index in [1.54, 1.807) is 6.07 Å². The maximum atomic E-state index is 12.9. The van der Waals surface area contributed by atoms with Crippen LogP contribution in [0, 0.1) is 5.41 Å².